The van der Waals surface area contributed by atoms with Gasteiger partial charge in [-0.3, -0.25) is 0 Å². The van der Waals surface area contributed by atoms with Crippen molar-refractivity contribution in [2.75, 3.05) is 0 Å². The first kappa shape index (κ1) is 35.5. The molecule has 50 heavy (non-hydrogen) atoms. The summed E-state index contributed by atoms with van der Waals surface area (Å²) in [6.45, 7) is 9.12. The number of aromatic nitrogens is 2. The molecule has 260 valence electrons. The Morgan fingerprint density at radius 3 is 1.64 bits per heavy atom. The second-order valence-electron chi connectivity index (χ2n) is 14.6. The molecular weight excluding hydrogens is 681 g/mol. The van der Waals surface area contributed by atoms with Gasteiger partial charge >= 0.3 is 0 Å². The second-order valence-corrected chi connectivity index (χ2v) is 21.8. The zero-order valence-electron chi connectivity index (χ0n) is 30.4. The van der Waals surface area contributed by atoms with E-state index in [1.807, 2.05) is 22.7 Å². The van der Waals surface area contributed by atoms with Crippen molar-refractivity contribution in [2.24, 2.45) is 0 Å². The van der Waals surface area contributed by atoms with Crippen LogP contribution in [0.1, 0.15) is 101 Å². The Labute approximate surface area is 313 Å². The van der Waals surface area contributed by atoms with Crippen molar-refractivity contribution in [1.29, 1.82) is 0 Å². The van der Waals surface area contributed by atoms with Gasteiger partial charge in [-0.05, 0) is 77.3 Å². The number of hydrogen-bond donors (Lipinski definition) is 0. The number of rotatable bonds is 17. The quantitative estimate of drug-likeness (QED) is 0.0689. The first-order valence-corrected chi connectivity index (χ1v) is 24.0. The highest BCUT2D eigenvalue weighted by atomic mass is 32.1. The van der Waals surface area contributed by atoms with E-state index in [4.69, 9.17) is 8.75 Å². The molecule has 6 heteroatoms. The molecule has 0 unspecified atom stereocenters. The van der Waals surface area contributed by atoms with Crippen molar-refractivity contribution in [3.8, 4) is 42.4 Å². The van der Waals surface area contributed by atoms with E-state index < -0.39 is 8.07 Å². The Hall–Kier alpha value is -2.90. The smallest absolute Gasteiger partial charge is 0.119 e. The molecule has 0 fully saturated rings. The Kier molecular flexibility index (Phi) is 11.5. The van der Waals surface area contributed by atoms with Crippen molar-refractivity contribution in [1.82, 2.24) is 8.75 Å². The summed E-state index contributed by atoms with van der Waals surface area (Å²) in [4.78, 5) is 5.21. The standard InChI is InChI=1S/C44H52N2S3Si/c1-5-7-9-11-13-15-27-50(28-16-14-12-10-8-6-2)41-29-31(3)17-20-34(41)35-21-19-33(30-42(35)50)38-25-26-40(48-38)37-23-22-36(39-24-18-32(4)47-39)43-44(37)46-49-45-43/h17-26,29-30H,5-16,27-28H2,1-4H3. The molecule has 3 aromatic heterocycles. The van der Waals surface area contributed by atoms with E-state index >= 15 is 0 Å². The van der Waals surface area contributed by atoms with Crippen LogP contribution in [0.5, 0.6) is 0 Å². The Morgan fingerprint density at radius 2 is 1.02 bits per heavy atom. The van der Waals surface area contributed by atoms with E-state index in [1.165, 1.54) is 154 Å². The summed E-state index contributed by atoms with van der Waals surface area (Å²) < 4.78 is 9.59. The molecule has 0 saturated heterocycles. The van der Waals surface area contributed by atoms with Crippen molar-refractivity contribution in [2.45, 2.75) is 117 Å². The van der Waals surface area contributed by atoms with Gasteiger partial charge in [0.1, 0.15) is 19.1 Å². The molecule has 0 spiro atoms. The zero-order valence-corrected chi connectivity index (χ0v) is 33.9. The van der Waals surface area contributed by atoms with E-state index in [-0.39, 0.29) is 0 Å². The van der Waals surface area contributed by atoms with Gasteiger partial charge in [-0.1, -0.05) is 145 Å². The second kappa shape index (κ2) is 16.2. The lowest BCUT2D eigenvalue weighted by Crippen LogP contribution is -2.55. The number of fused-ring (bicyclic) bond motifs is 4. The third-order valence-electron chi connectivity index (χ3n) is 11.0. The van der Waals surface area contributed by atoms with Crippen LogP contribution in [0.3, 0.4) is 0 Å². The minimum absolute atomic E-state index is 1.02. The van der Waals surface area contributed by atoms with E-state index in [9.17, 15) is 0 Å². The molecule has 7 rings (SSSR count). The van der Waals surface area contributed by atoms with E-state index in [1.54, 1.807) is 10.4 Å². The molecule has 6 aromatic rings. The summed E-state index contributed by atoms with van der Waals surface area (Å²) in [7, 11) is -1.94. The summed E-state index contributed by atoms with van der Waals surface area (Å²) in [5.74, 6) is 0. The number of nitrogens with zero attached hydrogens (tertiary/aromatic N) is 2. The van der Waals surface area contributed by atoms with Crippen LogP contribution in [0.2, 0.25) is 12.1 Å². The van der Waals surface area contributed by atoms with Gasteiger partial charge in [0.25, 0.3) is 0 Å². The van der Waals surface area contributed by atoms with Gasteiger partial charge in [0.05, 0.1) is 11.7 Å². The fourth-order valence-corrected chi connectivity index (χ4v) is 16.5. The minimum Gasteiger partial charge on any atom is -0.172 e. The van der Waals surface area contributed by atoms with Crippen LogP contribution in [-0.2, 0) is 0 Å². The van der Waals surface area contributed by atoms with Gasteiger partial charge in [-0.15, -0.1) is 22.7 Å². The monoisotopic (exact) mass is 732 g/mol. The van der Waals surface area contributed by atoms with Crippen LogP contribution in [0.4, 0.5) is 0 Å². The molecule has 1 aliphatic heterocycles. The Morgan fingerprint density at radius 1 is 0.500 bits per heavy atom. The highest BCUT2D eigenvalue weighted by Crippen LogP contribution is 2.43. The maximum Gasteiger partial charge on any atom is 0.119 e. The van der Waals surface area contributed by atoms with Gasteiger partial charge in [0.2, 0.25) is 0 Å². The van der Waals surface area contributed by atoms with Crippen molar-refractivity contribution < 1.29 is 0 Å². The van der Waals surface area contributed by atoms with Gasteiger partial charge < -0.3 is 0 Å². The summed E-state index contributed by atoms with van der Waals surface area (Å²) >= 11 is 5.06. The number of hydrogen-bond acceptors (Lipinski definition) is 5. The fourth-order valence-electron chi connectivity index (χ4n) is 8.32. The number of benzene rings is 3. The molecular formula is C44H52N2S3Si. The average molecular weight is 733 g/mol. The number of unbranched alkanes of at least 4 members (excludes halogenated alkanes) is 10. The van der Waals surface area contributed by atoms with Gasteiger partial charge in [-0.25, -0.2) is 0 Å². The predicted molar refractivity (Wildman–Crippen MR) is 226 cm³/mol. The molecule has 3 aromatic carbocycles. The average Bonchev–Trinajstić information content (AvgIpc) is 3.94. The highest BCUT2D eigenvalue weighted by Gasteiger charge is 2.44. The molecule has 0 saturated carbocycles. The number of thiophene rings is 2. The lowest BCUT2D eigenvalue weighted by molar-refractivity contribution is 0.616. The van der Waals surface area contributed by atoms with Gasteiger partial charge in [0, 0.05) is 30.6 Å². The minimum atomic E-state index is -1.94. The maximum absolute atomic E-state index is 4.82. The third kappa shape index (κ3) is 7.23. The van der Waals surface area contributed by atoms with Gasteiger partial charge in [-0.2, -0.15) is 8.75 Å². The SMILES string of the molecule is CCCCCCCC[Si]1(CCCCCCCC)c2cc(C)ccc2-c2ccc(-c3ccc(-c4ccc(-c5ccc(C)s5)c5nsnc45)s3)cc21. The molecule has 0 radical (unpaired) electrons. The lowest BCUT2D eigenvalue weighted by atomic mass is 10.0. The van der Waals surface area contributed by atoms with Crippen LogP contribution < -0.4 is 10.4 Å². The molecule has 1 aliphatic rings. The van der Waals surface area contributed by atoms with Gasteiger partial charge in [0.15, 0.2) is 0 Å². The molecule has 0 atom stereocenters. The number of aryl methyl sites for hydroxylation is 2. The summed E-state index contributed by atoms with van der Waals surface area (Å²) in [5.41, 5.74) is 10.3. The molecule has 0 N–H and O–H groups in total. The van der Waals surface area contributed by atoms with Crippen LogP contribution in [0.25, 0.3) is 53.5 Å². The molecule has 0 aliphatic carbocycles. The molecule has 0 bridgehead atoms. The third-order valence-corrected chi connectivity index (χ3v) is 19.0. The van der Waals surface area contributed by atoms with Crippen LogP contribution in [-0.4, -0.2) is 16.8 Å². The van der Waals surface area contributed by atoms with Crippen molar-refractivity contribution in [3.63, 3.8) is 0 Å². The van der Waals surface area contributed by atoms with E-state index in [0.29, 0.717) is 0 Å². The van der Waals surface area contributed by atoms with E-state index in [0.717, 1.165) is 11.0 Å². The fraction of sp³-hybridized carbons (Fsp3) is 0.409. The Balaban J connectivity index is 1.23. The summed E-state index contributed by atoms with van der Waals surface area (Å²) in [6, 6.07) is 31.3. The van der Waals surface area contributed by atoms with Crippen LogP contribution >= 0.6 is 34.4 Å². The van der Waals surface area contributed by atoms with Crippen molar-refractivity contribution >= 4 is 63.9 Å². The maximum atomic E-state index is 4.82. The molecule has 2 nitrogen and oxygen atoms in total. The summed E-state index contributed by atoms with van der Waals surface area (Å²) in [6.07, 6.45) is 16.4. The molecule has 4 heterocycles. The zero-order chi connectivity index (χ0) is 34.5. The first-order valence-electron chi connectivity index (χ1n) is 19.2. The lowest BCUT2D eigenvalue weighted by Gasteiger charge is -2.31. The van der Waals surface area contributed by atoms with Crippen LogP contribution in [0.15, 0.2) is 72.8 Å². The first-order chi connectivity index (χ1) is 24.5. The highest BCUT2D eigenvalue weighted by molar-refractivity contribution is 7.19. The largest absolute Gasteiger partial charge is 0.172 e. The predicted octanol–water partition coefficient (Wildman–Crippen LogP) is 13.7. The summed E-state index contributed by atoms with van der Waals surface area (Å²) in [5, 5.41) is 3.45. The normalized spacial score (nSPS) is 13.3. The molecule has 0 amide bonds. The topological polar surface area (TPSA) is 25.8 Å². The van der Waals surface area contributed by atoms with Crippen molar-refractivity contribution in [3.05, 3.63) is 83.2 Å². The van der Waals surface area contributed by atoms with E-state index in [2.05, 4.69) is 100 Å². The Bertz CT molecular complexity index is 2030. The van der Waals surface area contributed by atoms with Crippen LogP contribution in [0, 0.1) is 13.8 Å².